The molecule has 3 unspecified atom stereocenters. The van der Waals surface area contributed by atoms with Crippen molar-refractivity contribution in [2.24, 2.45) is 5.92 Å². The molecule has 0 aromatic heterocycles. The number of carbonyl (C=O) groups is 1. The lowest BCUT2D eigenvalue weighted by molar-refractivity contribution is -0.124. The minimum absolute atomic E-state index is 0.0262. The number of hydrogen-bond donors (Lipinski definition) is 3. The first-order valence-corrected chi connectivity index (χ1v) is 5.81. The maximum atomic E-state index is 11.7. The molecule has 0 spiro atoms. The molecule has 5 heteroatoms. The molecule has 1 aliphatic rings. The monoisotopic (exact) mass is 230 g/mol. The summed E-state index contributed by atoms with van der Waals surface area (Å²) in [6.45, 7) is 3.54. The van der Waals surface area contributed by atoms with Crippen LogP contribution in [-0.2, 0) is 9.53 Å². The SMILES string of the molecule is COCC(O)CNC(=O)C1CC(C)CCN1. The smallest absolute Gasteiger partial charge is 0.237 e. The normalized spacial score (nSPS) is 27.4. The van der Waals surface area contributed by atoms with Crippen LogP contribution in [0.25, 0.3) is 0 Å². The van der Waals surface area contributed by atoms with Gasteiger partial charge in [-0.2, -0.15) is 0 Å². The van der Waals surface area contributed by atoms with Gasteiger partial charge in [0.2, 0.25) is 5.91 Å². The third kappa shape index (κ3) is 4.47. The number of amides is 1. The van der Waals surface area contributed by atoms with Crippen molar-refractivity contribution in [1.82, 2.24) is 10.6 Å². The van der Waals surface area contributed by atoms with Crippen molar-refractivity contribution in [1.29, 1.82) is 0 Å². The van der Waals surface area contributed by atoms with E-state index in [4.69, 9.17) is 4.74 Å². The highest BCUT2D eigenvalue weighted by molar-refractivity contribution is 5.81. The Morgan fingerprint density at radius 3 is 3.06 bits per heavy atom. The number of nitrogens with one attached hydrogen (secondary N) is 2. The molecular weight excluding hydrogens is 208 g/mol. The molecule has 0 aromatic rings. The van der Waals surface area contributed by atoms with E-state index < -0.39 is 6.10 Å². The van der Waals surface area contributed by atoms with Gasteiger partial charge in [0.15, 0.2) is 0 Å². The number of aliphatic hydroxyl groups excluding tert-OH is 1. The summed E-state index contributed by atoms with van der Waals surface area (Å²) < 4.78 is 4.78. The largest absolute Gasteiger partial charge is 0.389 e. The summed E-state index contributed by atoms with van der Waals surface area (Å²) >= 11 is 0. The number of aliphatic hydroxyl groups is 1. The minimum Gasteiger partial charge on any atom is -0.389 e. The van der Waals surface area contributed by atoms with Crippen LogP contribution in [0.4, 0.5) is 0 Å². The van der Waals surface area contributed by atoms with E-state index in [-0.39, 0.29) is 25.1 Å². The number of piperidine rings is 1. The van der Waals surface area contributed by atoms with Gasteiger partial charge in [-0.1, -0.05) is 6.92 Å². The van der Waals surface area contributed by atoms with E-state index in [0.717, 1.165) is 19.4 Å². The average Bonchev–Trinajstić information content (AvgIpc) is 2.26. The van der Waals surface area contributed by atoms with Gasteiger partial charge in [-0.15, -0.1) is 0 Å². The lowest BCUT2D eigenvalue weighted by Gasteiger charge is -2.27. The summed E-state index contributed by atoms with van der Waals surface area (Å²) in [7, 11) is 1.52. The highest BCUT2D eigenvalue weighted by Crippen LogP contribution is 2.14. The Labute approximate surface area is 96.6 Å². The van der Waals surface area contributed by atoms with Crippen molar-refractivity contribution < 1.29 is 14.6 Å². The van der Waals surface area contributed by atoms with Crippen LogP contribution in [0.5, 0.6) is 0 Å². The fraction of sp³-hybridized carbons (Fsp3) is 0.909. The predicted molar refractivity (Wildman–Crippen MR) is 61.1 cm³/mol. The van der Waals surface area contributed by atoms with Crippen LogP contribution < -0.4 is 10.6 Å². The van der Waals surface area contributed by atoms with Gasteiger partial charge < -0.3 is 20.5 Å². The van der Waals surface area contributed by atoms with Crippen molar-refractivity contribution in [3.63, 3.8) is 0 Å². The van der Waals surface area contributed by atoms with Crippen molar-refractivity contribution in [2.75, 3.05) is 26.8 Å². The predicted octanol–water partition coefficient (Wildman–Crippen LogP) is -0.502. The minimum atomic E-state index is -0.630. The molecule has 16 heavy (non-hydrogen) atoms. The number of ether oxygens (including phenoxy) is 1. The summed E-state index contributed by atoms with van der Waals surface area (Å²) in [5.41, 5.74) is 0. The molecule has 94 valence electrons. The van der Waals surface area contributed by atoms with Crippen LogP contribution >= 0.6 is 0 Å². The Morgan fingerprint density at radius 1 is 1.69 bits per heavy atom. The van der Waals surface area contributed by atoms with Crippen LogP contribution in [-0.4, -0.2) is 50.0 Å². The van der Waals surface area contributed by atoms with E-state index in [1.807, 2.05) is 0 Å². The zero-order valence-corrected chi connectivity index (χ0v) is 10.0. The van der Waals surface area contributed by atoms with Gasteiger partial charge in [-0.05, 0) is 25.3 Å². The molecule has 1 heterocycles. The molecule has 0 radical (unpaired) electrons. The van der Waals surface area contributed by atoms with E-state index in [2.05, 4.69) is 17.6 Å². The second-order valence-corrected chi connectivity index (χ2v) is 4.49. The summed E-state index contributed by atoms with van der Waals surface area (Å²) in [6, 6.07) is -0.113. The van der Waals surface area contributed by atoms with Crippen molar-refractivity contribution >= 4 is 5.91 Å². The van der Waals surface area contributed by atoms with E-state index in [9.17, 15) is 9.90 Å². The molecule has 3 atom stereocenters. The van der Waals surface area contributed by atoms with Gasteiger partial charge >= 0.3 is 0 Å². The molecule has 1 rings (SSSR count). The molecular formula is C11H22N2O3. The quantitative estimate of drug-likeness (QED) is 0.595. The summed E-state index contributed by atoms with van der Waals surface area (Å²) in [6.07, 6.45) is 1.36. The van der Waals surface area contributed by atoms with Crippen LogP contribution in [0.2, 0.25) is 0 Å². The Kier molecular flexibility index (Phi) is 5.73. The number of rotatable bonds is 5. The molecule has 1 saturated heterocycles. The second kappa shape index (κ2) is 6.83. The second-order valence-electron chi connectivity index (χ2n) is 4.49. The highest BCUT2D eigenvalue weighted by Gasteiger charge is 2.24. The highest BCUT2D eigenvalue weighted by atomic mass is 16.5. The Balaban J connectivity index is 2.23. The standard InChI is InChI=1S/C11H22N2O3/c1-8-3-4-12-10(5-8)11(15)13-6-9(14)7-16-2/h8-10,12,14H,3-7H2,1-2H3,(H,13,15). The lowest BCUT2D eigenvalue weighted by Crippen LogP contribution is -2.50. The maximum Gasteiger partial charge on any atom is 0.237 e. The first-order chi connectivity index (χ1) is 7.63. The van der Waals surface area contributed by atoms with Gasteiger partial charge in [-0.25, -0.2) is 0 Å². The Bertz CT molecular complexity index is 223. The molecule has 0 aliphatic carbocycles. The van der Waals surface area contributed by atoms with E-state index in [0.29, 0.717) is 5.92 Å². The van der Waals surface area contributed by atoms with Gasteiger partial charge in [0.1, 0.15) is 0 Å². The summed E-state index contributed by atoms with van der Waals surface area (Å²) in [5.74, 6) is 0.558. The zero-order valence-electron chi connectivity index (χ0n) is 10.0. The molecule has 1 aliphatic heterocycles. The van der Waals surface area contributed by atoms with Crippen LogP contribution in [0.1, 0.15) is 19.8 Å². The third-order valence-corrected chi connectivity index (χ3v) is 2.85. The average molecular weight is 230 g/mol. The van der Waals surface area contributed by atoms with Crippen molar-refractivity contribution in [2.45, 2.75) is 31.9 Å². The van der Waals surface area contributed by atoms with Crippen molar-refractivity contribution in [3.8, 4) is 0 Å². The van der Waals surface area contributed by atoms with Gasteiger partial charge in [0, 0.05) is 13.7 Å². The van der Waals surface area contributed by atoms with Crippen LogP contribution in [0.15, 0.2) is 0 Å². The maximum absolute atomic E-state index is 11.7. The number of carbonyl (C=O) groups excluding carboxylic acids is 1. The number of hydrogen-bond acceptors (Lipinski definition) is 4. The lowest BCUT2D eigenvalue weighted by atomic mass is 9.94. The fourth-order valence-electron chi connectivity index (χ4n) is 1.90. The first-order valence-electron chi connectivity index (χ1n) is 5.81. The van der Waals surface area contributed by atoms with E-state index in [1.54, 1.807) is 0 Å². The van der Waals surface area contributed by atoms with Crippen LogP contribution in [0.3, 0.4) is 0 Å². The molecule has 5 nitrogen and oxygen atoms in total. The van der Waals surface area contributed by atoms with E-state index in [1.165, 1.54) is 7.11 Å². The molecule has 1 amide bonds. The summed E-state index contributed by atoms with van der Waals surface area (Å²) in [5, 5.41) is 15.3. The fourth-order valence-corrected chi connectivity index (χ4v) is 1.90. The topological polar surface area (TPSA) is 70.6 Å². The summed E-state index contributed by atoms with van der Waals surface area (Å²) in [4.78, 5) is 11.7. The zero-order chi connectivity index (χ0) is 12.0. The van der Waals surface area contributed by atoms with Crippen molar-refractivity contribution in [3.05, 3.63) is 0 Å². The number of methoxy groups -OCH3 is 1. The molecule has 0 saturated carbocycles. The molecule has 1 fully saturated rings. The van der Waals surface area contributed by atoms with Crippen LogP contribution in [0, 0.1) is 5.92 Å². The third-order valence-electron chi connectivity index (χ3n) is 2.85. The Hall–Kier alpha value is -0.650. The van der Waals surface area contributed by atoms with Gasteiger partial charge in [0.25, 0.3) is 0 Å². The first kappa shape index (κ1) is 13.4. The van der Waals surface area contributed by atoms with Gasteiger partial charge in [0.05, 0.1) is 18.8 Å². The molecule has 3 N–H and O–H groups in total. The van der Waals surface area contributed by atoms with Gasteiger partial charge in [-0.3, -0.25) is 4.79 Å². The molecule has 0 aromatic carbocycles. The van der Waals surface area contributed by atoms with E-state index >= 15 is 0 Å². The Morgan fingerprint density at radius 2 is 2.44 bits per heavy atom. The molecule has 0 bridgehead atoms.